The van der Waals surface area contributed by atoms with E-state index in [-0.39, 0.29) is 5.60 Å². The van der Waals surface area contributed by atoms with Gasteiger partial charge in [0, 0.05) is 12.6 Å². The van der Waals surface area contributed by atoms with Crippen LogP contribution in [-0.4, -0.2) is 24.3 Å². The van der Waals surface area contributed by atoms with Crippen LogP contribution in [0.15, 0.2) is 0 Å². The van der Waals surface area contributed by atoms with Gasteiger partial charge in [0.2, 0.25) is 0 Å². The van der Waals surface area contributed by atoms with Crippen molar-refractivity contribution in [1.29, 1.82) is 0 Å². The number of hydrogen-bond acceptors (Lipinski definition) is 2. The minimum absolute atomic E-state index is 0.100. The molecule has 1 rings (SSSR count). The van der Waals surface area contributed by atoms with E-state index < -0.39 is 0 Å². The molecule has 1 N–H and O–H groups in total. The van der Waals surface area contributed by atoms with Crippen molar-refractivity contribution in [2.75, 3.05) is 6.54 Å². The zero-order valence-corrected chi connectivity index (χ0v) is 13.3. The Balaban J connectivity index is 2.51. The van der Waals surface area contributed by atoms with Crippen molar-refractivity contribution in [3.8, 4) is 0 Å². The maximum Gasteiger partial charge on any atom is 0.0631 e. The molecule has 0 radical (unpaired) electrons. The Labute approximate surface area is 114 Å². The molecule has 0 spiro atoms. The van der Waals surface area contributed by atoms with Gasteiger partial charge in [0.1, 0.15) is 0 Å². The highest BCUT2D eigenvalue weighted by Gasteiger charge is 2.36. The van der Waals surface area contributed by atoms with Crippen LogP contribution in [0.2, 0.25) is 0 Å². The van der Waals surface area contributed by atoms with Crippen LogP contribution in [0.3, 0.4) is 0 Å². The summed E-state index contributed by atoms with van der Waals surface area (Å²) in [6.07, 6.45) is 6.64. The standard InChI is InChI=1S/C16H33NO/c1-7-9-16(6,12-17-13(2)3)11-14-8-10-15(4,5)18-14/h13-14,17H,7-12H2,1-6H3. The summed E-state index contributed by atoms with van der Waals surface area (Å²) in [5.74, 6) is 0. The van der Waals surface area contributed by atoms with Gasteiger partial charge in [0.15, 0.2) is 0 Å². The predicted octanol–water partition coefficient (Wildman–Crippen LogP) is 4.14. The third-order valence-electron chi connectivity index (χ3n) is 4.07. The summed E-state index contributed by atoms with van der Waals surface area (Å²) in [7, 11) is 0. The molecular formula is C16H33NO. The number of nitrogens with one attached hydrogen (secondary N) is 1. The fraction of sp³-hybridized carbons (Fsp3) is 1.00. The van der Waals surface area contributed by atoms with Crippen LogP contribution in [0.4, 0.5) is 0 Å². The van der Waals surface area contributed by atoms with Gasteiger partial charge in [-0.05, 0) is 44.9 Å². The van der Waals surface area contributed by atoms with E-state index in [0.717, 1.165) is 6.54 Å². The number of hydrogen-bond donors (Lipinski definition) is 1. The molecule has 0 aromatic rings. The molecule has 1 saturated heterocycles. The maximum absolute atomic E-state index is 6.17. The second-order valence-electron chi connectivity index (χ2n) is 7.34. The smallest absolute Gasteiger partial charge is 0.0631 e. The molecule has 1 fully saturated rings. The average Bonchev–Trinajstić information content (AvgIpc) is 2.55. The Kier molecular flexibility index (Phi) is 5.67. The van der Waals surface area contributed by atoms with Crippen molar-refractivity contribution in [3.05, 3.63) is 0 Å². The molecule has 2 heteroatoms. The molecule has 1 aliphatic rings. The lowest BCUT2D eigenvalue weighted by Gasteiger charge is -2.33. The zero-order valence-electron chi connectivity index (χ0n) is 13.3. The lowest BCUT2D eigenvalue weighted by Crippen LogP contribution is -2.38. The van der Waals surface area contributed by atoms with Crippen molar-refractivity contribution in [2.24, 2.45) is 5.41 Å². The summed E-state index contributed by atoms with van der Waals surface area (Å²) in [4.78, 5) is 0. The van der Waals surface area contributed by atoms with Crippen molar-refractivity contribution in [2.45, 2.75) is 91.4 Å². The van der Waals surface area contributed by atoms with Crippen molar-refractivity contribution in [1.82, 2.24) is 5.32 Å². The quantitative estimate of drug-likeness (QED) is 0.738. The number of rotatable bonds is 7. The molecule has 18 heavy (non-hydrogen) atoms. The Bertz CT molecular complexity index is 249. The summed E-state index contributed by atoms with van der Waals surface area (Å²) in [5, 5.41) is 3.61. The minimum atomic E-state index is 0.100. The molecule has 0 aromatic carbocycles. The molecular weight excluding hydrogens is 222 g/mol. The predicted molar refractivity (Wildman–Crippen MR) is 79.0 cm³/mol. The Morgan fingerprint density at radius 3 is 2.50 bits per heavy atom. The lowest BCUT2D eigenvalue weighted by molar-refractivity contribution is -0.0348. The molecule has 0 bridgehead atoms. The van der Waals surface area contributed by atoms with E-state index >= 15 is 0 Å². The summed E-state index contributed by atoms with van der Waals surface area (Å²) in [6.45, 7) is 14.7. The molecule has 2 unspecified atom stereocenters. The number of ether oxygens (including phenoxy) is 1. The second-order valence-corrected chi connectivity index (χ2v) is 7.34. The monoisotopic (exact) mass is 255 g/mol. The molecule has 0 aromatic heterocycles. The second kappa shape index (κ2) is 6.38. The van der Waals surface area contributed by atoms with Crippen molar-refractivity contribution >= 4 is 0 Å². The van der Waals surface area contributed by atoms with Crippen LogP contribution in [0.5, 0.6) is 0 Å². The summed E-state index contributed by atoms with van der Waals surface area (Å²) < 4.78 is 6.17. The Morgan fingerprint density at radius 1 is 1.39 bits per heavy atom. The van der Waals surface area contributed by atoms with E-state index in [1.165, 1.54) is 32.1 Å². The highest BCUT2D eigenvalue weighted by Crippen LogP contribution is 2.38. The lowest BCUT2D eigenvalue weighted by atomic mass is 9.79. The van der Waals surface area contributed by atoms with Gasteiger partial charge in [-0.1, -0.05) is 34.1 Å². The van der Waals surface area contributed by atoms with E-state index in [9.17, 15) is 0 Å². The average molecular weight is 255 g/mol. The highest BCUT2D eigenvalue weighted by atomic mass is 16.5. The first-order valence-electron chi connectivity index (χ1n) is 7.67. The molecule has 2 nitrogen and oxygen atoms in total. The van der Waals surface area contributed by atoms with Gasteiger partial charge in [-0.15, -0.1) is 0 Å². The Morgan fingerprint density at radius 2 is 2.06 bits per heavy atom. The van der Waals surface area contributed by atoms with Crippen LogP contribution < -0.4 is 5.32 Å². The summed E-state index contributed by atoms with van der Waals surface area (Å²) in [5.41, 5.74) is 0.480. The molecule has 1 aliphatic heterocycles. The third kappa shape index (κ3) is 5.27. The minimum Gasteiger partial charge on any atom is -0.372 e. The molecule has 108 valence electrons. The SMILES string of the molecule is CCCC(C)(CNC(C)C)CC1CCC(C)(C)O1. The van der Waals surface area contributed by atoms with Gasteiger partial charge in [0.25, 0.3) is 0 Å². The van der Waals surface area contributed by atoms with Gasteiger partial charge < -0.3 is 10.1 Å². The van der Waals surface area contributed by atoms with Gasteiger partial charge >= 0.3 is 0 Å². The van der Waals surface area contributed by atoms with E-state index in [4.69, 9.17) is 4.74 Å². The molecule has 0 saturated carbocycles. The van der Waals surface area contributed by atoms with Crippen molar-refractivity contribution in [3.63, 3.8) is 0 Å². The first-order chi connectivity index (χ1) is 8.26. The van der Waals surface area contributed by atoms with E-state index in [2.05, 4.69) is 46.9 Å². The first kappa shape index (κ1) is 16.0. The van der Waals surface area contributed by atoms with Crippen LogP contribution in [0, 0.1) is 5.41 Å². The van der Waals surface area contributed by atoms with Gasteiger partial charge in [0.05, 0.1) is 11.7 Å². The summed E-state index contributed by atoms with van der Waals surface area (Å²) >= 11 is 0. The molecule has 0 amide bonds. The Hall–Kier alpha value is -0.0800. The van der Waals surface area contributed by atoms with E-state index in [0.29, 0.717) is 17.6 Å². The van der Waals surface area contributed by atoms with E-state index in [1.54, 1.807) is 0 Å². The van der Waals surface area contributed by atoms with E-state index in [1.807, 2.05) is 0 Å². The van der Waals surface area contributed by atoms with Gasteiger partial charge in [-0.3, -0.25) is 0 Å². The van der Waals surface area contributed by atoms with Crippen LogP contribution in [0.25, 0.3) is 0 Å². The van der Waals surface area contributed by atoms with Gasteiger partial charge in [-0.25, -0.2) is 0 Å². The normalized spacial score (nSPS) is 26.5. The highest BCUT2D eigenvalue weighted by molar-refractivity contribution is 4.87. The fourth-order valence-corrected chi connectivity index (χ4v) is 3.09. The van der Waals surface area contributed by atoms with Gasteiger partial charge in [-0.2, -0.15) is 0 Å². The third-order valence-corrected chi connectivity index (χ3v) is 4.07. The summed E-state index contributed by atoms with van der Waals surface area (Å²) in [6, 6.07) is 0.571. The van der Waals surface area contributed by atoms with Crippen LogP contribution in [0.1, 0.15) is 73.6 Å². The van der Waals surface area contributed by atoms with Crippen LogP contribution in [-0.2, 0) is 4.74 Å². The zero-order chi connectivity index (χ0) is 13.8. The molecule has 2 atom stereocenters. The largest absolute Gasteiger partial charge is 0.372 e. The topological polar surface area (TPSA) is 21.3 Å². The fourth-order valence-electron chi connectivity index (χ4n) is 3.09. The molecule has 1 heterocycles. The first-order valence-corrected chi connectivity index (χ1v) is 7.67. The van der Waals surface area contributed by atoms with Crippen molar-refractivity contribution < 1.29 is 4.74 Å². The molecule has 0 aliphatic carbocycles. The van der Waals surface area contributed by atoms with Crippen LogP contribution >= 0.6 is 0 Å². The maximum atomic E-state index is 6.17.